The molecule has 0 aromatic heterocycles. The van der Waals surface area contributed by atoms with Gasteiger partial charge in [-0.3, -0.25) is 0 Å². The van der Waals surface area contributed by atoms with Gasteiger partial charge in [0.05, 0.1) is 6.10 Å². The van der Waals surface area contributed by atoms with Crippen LogP contribution in [0.3, 0.4) is 0 Å². The zero-order valence-electron chi connectivity index (χ0n) is 11.5. The first kappa shape index (κ1) is 16.8. The van der Waals surface area contributed by atoms with Gasteiger partial charge in [-0.25, -0.2) is 0 Å². The Morgan fingerprint density at radius 2 is 1.81 bits per heavy atom. The largest absolute Gasteiger partial charge is 0.388 e. The van der Waals surface area contributed by atoms with Crippen molar-refractivity contribution in [3.63, 3.8) is 0 Å². The lowest BCUT2D eigenvalue weighted by Crippen LogP contribution is -2.21. The molecule has 0 bridgehead atoms. The normalized spacial score (nSPS) is 14.0. The molecule has 2 rings (SSSR count). The zero-order chi connectivity index (χ0) is 15.6. The van der Waals surface area contributed by atoms with Gasteiger partial charge in [-0.05, 0) is 47.9 Å². The third kappa shape index (κ3) is 3.61. The quantitative estimate of drug-likeness (QED) is 0.786. The summed E-state index contributed by atoms with van der Waals surface area (Å²) in [4.78, 5) is 0. The molecule has 112 valence electrons. The van der Waals surface area contributed by atoms with E-state index in [1.807, 2.05) is 25.1 Å². The van der Waals surface area contributed by atoms with Gasteiger partial charge >= 0.3 is 0 Å². The molecule has 0 saturated heterocycles. The van der Waals surface area contributed by atoms with Crippen LogP contribution in [0, 0.1) is 6.92 Å². The molecular formula is C16H16BrCl2NO. The minimum absolute atomic E-state index is 0.250. The van der Waals surface area contributed by atoms with Crippen LogP contribution < -0.4 is 5.73 Å². The van der Waals surface area contributed by atoms with E-state index in [9.17, 15) is 5.11 Å². The molecule has 0 aliphatic carbocycles. The third-order valence-electron chi connectivity index (χ3n) is 3.56. The van der Waals surface area contributed by atoms with E-state index in [4.69, 9.17) is 28.9 Å². The van der Waals surface area contributed by atoms with Crippen LogP contribution in [-0.4, -0.2) is 11.7 Å². The number of halogens is 3. The lowest BCUT2D eigenvalue weighted by atomic mass is 9.87. The second-order valence-corrected chi connectivity index (χ2v) is 6.65. The second kappa shape index (κ2) is 7.12. The lowest BCUT2D eigenvalue weighted by molar-refractivity contribution is 0.147. The van der Waals surface area contributed by atoms with E-state index < -0.39 is 6.10 Å². The predicted octanol–water partition coefficient (Wildman–Crippen LogP) is 4.84. The monoisotopic (exact) mass is 387 g/mol. The zero-order valence-corrected chi connectivity index (χ0v) is 14.6. The molecule has 2 atom stereocenters. The molecule has 2 aromatic carbocycles. The fourth-order valence-corrected chi connectivity index (χ4v) is 3.61. The van der Waals surface area contributed by atoms with Crippen LogP contribution in [-0.2, 0) is 0 Å². The smallest absolute Gasteiger partial charge is 0.0874 e. The molecule has 0 saturated carbocycles. The SMILES string of the molecule is Cc1cc(Br)ccc1C(O)C(CN)c1c(Cl)cccc1Cl. The molecule has 5 heteroatoms. The van der Waals surface area contributed by atoms with E-state index in [1.165, 1.54) is 0 Å². The first-order chi connectivity index (χ1) is 9.95. The minimum Gasteiger partial charge on any atom is -0.388 e. The lowest BCUT2D eigenvalue weighted by Gasteiger charge is -2.25. The third-order valence-corrected chi connectivity index (χ3v) is 4.71. The molecule has 0 radical (unpaired) electrons. The molecule has 0 heterocycles. The maximum Gasteiger partial charge on any atom is 0.0874 e. The molecule has 21 heavy (non-hydrogen) atoms. The van der Waals surface area contributed by atoms with Crippen LogP contribution >= 0.6 is 39.1 Å². The molecule has 0 fully saturated rings. The average molecular weight is 389 g/mol. The summed E-state index contributed by atoms with van der Waals surface area (Å²) >= 11 is 15.9. The standard InChI is InChI=1S/C16H16BrCl2NO/c1-9-7-10(17)5-6-11(9)16(21)12(8-20)15-13(18)3-2-4-14(15)19/h2-7,12,16,21H,8,20H2,1H3. The number of aliphatic hydroxyl groups excluding tert-OH is 1. The summed E-state index contributed by atoms with van der Waals surface area (Å²) in [5, 5.41) is 11.8. The van der Waals surface area contributed by atoms with E-state index in [0.29, 0.717) is 15.6 Å². The van der Waals surface area contributed by atoms with Gasteiger partial charge in [0.25, 0.3) is 0 Å². The Balaban J connectivity index is 2.46. The van der Waals surface area contributed by atoms with Crippen molar-refractivity contribution in [3.05, 3.63) is 67.6 Å². The number of benzene rings is 2. The van der Waals surface area contributed by atoms with Gasteiger partial charge in [0, 0.05) is 27.0 Å². The van der Waals surface area contributed by atoms with Crippen LogP contribution in [0.2, 0.25) is 10.0 Å². The van der Waals surface area contributed by atoms with Crippen molar-refractivity contribution in [1.82, 2.24) is 0 Å². The first-order valence-corrected chi connectivity index (χ1v) is 8.08. The summed E-state index contributed by atoms with van der Waals surface area (Å²) in [5.74, 6) is -0.355. The van der Waals surface area contributed by atoms with Crippen molar-refractivity contribution >= 4 is 39.1 Å². The number of aryl methyl sites for hydroxylation is 1. The number of hydrogen-bond donors (Lipinski definition) is 2. The molecule has 2 aromatic rings. The van der Waals surface area contributed by atoms with Gasteiger partial charge < -0.3 is 10.8 Å². The highest BCUT2D eigenvalue weighted by molar-refractivity contribution is 9.10. The maximum absolute atomic E-state index is 10.7. The highest BCUT2D eigenvalue weighted by atomic mass is 79.9. The Morgan fingerprint density at radius 3 is 2.33 bits per heavy atom. The van der Waals surface area contributed by atoms with Crippen LogP contribution in [0.5, 0.6) is 0 Å². The van der Waals surface area contributed by atoms with Crippen molar-refractivity contribution in [2.24, 2.45) is 5.73 Å². The molecule has 0 amide bonds. The molecular weight excluding hydrogens is 373 g/mol. The van der Waals surface area contributed by atoms with Gasteiger partial charge in [-0.2, -0.15) is 0 Å². The van der Waals surface area contributed by atoms with E-state index in [-0.39, 0.29) is 12.5 Å². The Labute approximate surface area is 143 Å². The fourth-order valence-electron chi connectivity index (χ4n) is 2.46. The molecule has 2 unspecified atom stereocenters. The van der Waals surface area contributed by atoms with Crippen LogP contribution in [0.25, 0.3) is 0 Å². The van der Waals surface area contributed by atoms with E-state index in [1.54, 1.807) is 18.2 Å². The molecule has 0 aliphatic rings. The Hall–Kier alpha value is -0.580. The van der Waals surface area contributed by atoms with Gasteiger partial charge in [-0.1, -0.05) is 51.3 Å². The molecule has 0 spiro atoms. The summed E-state index contributed by atoms with van der Waals surface area (Å²) < 4.78 is 0.969. The summed E-state index contributed by atoms with van der Waals surface area (Å²) in [6, 6.07) is 11.0. The van der Waals surface area contributed by atoms with Crippen LogP contribution in [0.15, 0.2) is 40.9 Å². The minimum atomic E-state index is -0.763. The van der Waals surface area contributed by atoms with E-state index >= 15 is 0 Å². The molecule has 0 aliphatic heterocycles. The van der Waals surface area contributed by atoms with Crippen molar-refractivity contribution in [3.8, 4) is 0 Å². The van der Waals surface area contributed by atoms with Gasteiger partial charge in [0.15, 0.2) is 0 Å². The predicted molar refractivity (Wildman–Crippen MR) is 92.1 cm³/mol. The van der Waals surface area contributed by atoms with Gasteiger partial charge in [0.2, 0.25) is 0 Å². The topological polar surface area (TPSA) is 46.2 Å². The Kier molecular flexibility index (Phi) is 5.69. The van der Waals surface area contributed by atoms with Crippen LogP contribution in [0.1, 0.15) is 28.7 Å². The van der Waals surface area contributed by atoms with E-state index in [0.717, 1.165) is 15.6 Å². The second-order valence-electron chi connectivity index (χ2n) is 4.92. The molecule has 2 nitrogen and oxygen atoms in total. The molecule has 3 N–H and O–H groups in total. The van der Waals surface area contributed by atoms with E-state index in [2.05, 4.69) is 15.9 Å². The van der Waals surface area contributed by atoms with Gasteiger partial charge in [0.1, 0.15) is 0 Å². The summed E-state index contributed by atoms with van der Waals surface area (Å²) in [7, 11) is 0. The van der Waals surface area contributed by atoms with Crippen molar-refractivity contribution in [1.29, 1.82) is 0 Å². The number of rotatable bonds is 4. The fraction of sp³-hybridized carbons (Fsp3) is 0.250. The van der Waals surface area contributed by atoms with Crippen molar-refractivity contribution < 1.29 is 5.11 Å². The number of aliphatic hydroxyl groups is 1. The maximum atomic E-state index is 10.7. The van der Waals surface area contributed by atoms with Crippen molar-refractivity contribution in [2.45, 2.75) is 18.9 Å². The van der Waals surface area contributed by atoms with Crippen molar-refractivity contribution in [2.75, 3.05) is 6.54 Å². The average Bonchev–Trinajstić information content (AvgIpc) is 2.42. The van der Waals surface area contributed by atoms with Crippen LogP contribution in [0.4, 0.5) is 0 Å². The summed E-state index contributed by atoms with van der Waals surface area (Å²) in [6.07, 6.45) is -0.763. The Morgan fingerprint density at radius 1 is 1.19 bits per heavy atom. The number of hydrogen-bond acceptors (Lipinski definition) is 2. The summed E-state index contributed by atoms with van der Waals surface area (Å²) in [6.45, 7) is 2.20. The highest BCUT2D eigenvalue weighted by Crippen LogP contribution is 2.39. The first-order valence-electron chi connectivity index (χ1n) is 6.53. The highest BCUT2D eigenvalue weighted by Gasteiger charge is 2.26. The van der Waals surface area contributed by atoms with Gasteiger partial charge in [-0.15, -0.1) is 0 Å². The number of nitrogens with two attached hydrogens (primary N) is 1. The Bertz CT molecular complexity index is 628. The summed E-state index contributed by atoms with van der Waals surface area (Å²) in [5.41, 5.74) is 8.38.